The van der Waals surface area contributed by atoms with E-state index in [0.29, 0.717) is 63.3 Å². The van der Waals surface area contributed by atoms with Crippen LogP contribution in [0.5, 0.6) is 0 Å². The Morgan fingerprint density at radius 1 is 1.10 bits per heavy atom. The van der Waals surface area contributed by atoms with E-state index in [1.807, 2.05) is 18.7 Å². The van der Waals surface area contributed by atoms with Gasteiger partial charge in [0.1, 0.15) is 0 Å². The number of carbonyl (C=O) groups is 2. The molecule has 0 N–H and O–H groups in total. The van der Waals surface area contributed by atoms with Crippen LogP contribution < -0.4 is 4.90 Å². The zero-order chi connectivity index (χ0) is 21.2. The highest BCUT2D eigenvalue weighted by Crippen LogP contribution is 2.32. The van der Waals surface area contributed by atoms with E-state index < -0.39 is 10.0 Å². The predicted octanol–water partition coefficient (Wildman–Crippen LogP) is 2.25. The summed E-state index contributed by atoms with van der Waals surface area (Å²) < 4.78 is 27.7. The fourth-order valence-electron chi connectivity index (χ4n) is 4.32. The first kappa shape index (κ1) is 21.8. The van der Waals surface area contributed by atoms with Crippen molar-refractivity contribution >= 4 is 27.5 Å². The Hall–Kier alpha value is -1.93. The summed E-state index contributed by atoms with van der Waals surface area (Å²) in [7, 11) is -3.56. The van der Waals surface area contributed by atoms with Gasteiger partial charge in [0.05, 0.1) is 4.90 Å². The molecule has 1 aromatic carbocycles. The van der Waals surface area contributed by atoms with Gasteiger partial charge >= 0.3 is 0 Å². The summed E-state index contributed by atoms with van der Waals surface area (Å²) in [6.07, 6.45) is 2.58. The van der Waals surface area contributed by atoms with Crippen molar-refractivity contribution in [2.75, 3.05) is 37.6 Å². The summed E-state index contributed by atoms with van der Waals surface area (Å²) in [5.41, 5.74) is 1.71. The van der Waals surface area contributed by atoms with Gasteiger partial charge in [0.25, 0.3) is 0 Å². The summed E-state index contributed by atoms with van der Waals surface area (Å²) in [4.78, 5) is 27.8. The Morgan fingerprint density at radius 2 is 1.76 bits per heavy atom. The van der Waals surface area contributed by atoms with E-state index in [2.05, 4.69) is 0 Å². The number of hydrogen-bond acceptors (Lipinski definition) is 4. The summed E-state index contributed by atoms with van der Waals surface area (Å²) in [5, 5.41) is 0. The van der Waals surface area contributed by atoms with Crippen LogP contribution in [0.4, 0.5) is 5.69 Å². The lowest BCUT2D eigenvalue weighted by Crippen LogP contribution is -2.40. The maximum atomic E-state index is 13.1. The standard InChI is InChI=1S/C21H31N3O4S/c1-4-22(5-2)21(26)14-17-8-11-23(12-9-17)29(27,28)19-6-7-20-18(15-19)10-13-24(20)16(3)25/h6-7,15,17H,4-5,8-14H2,1-3H3. The molecule has 0 saturated carbocycles. The molecular formula is C21H31N3O4S. The number of benzene rings is 1. The monoisotopic (exact) mass is 421 g/mol. The van der Waals surface area contributed by atoms with Gasteiger partial charge in [0.2, 0.25) is 21.8 Å². The average Bonchev–Trinajstić information content (AvgIpc) is 3.13. The molecule has 0 spiro atoms. The minimum absolute atomic E-state index is 0.0271. The highest BCUT2D eigenvalue weighted by Gasteiger charge is 2.32. The number of amides is 2. The van der Waals surface area contributed by atoms with Gasteiger partial charge in [0, 0.05) is 51.8 Å². The van der Waals surface area contributed by atoms with E-state index in [1.54, 1.807) is 23.1 Å². The van der Waals surface area contributed by atoms with Crippen molar-refractivity contribution in [3.63, 3.8) is 0 Å². The third kappa shape index (κ3) is 4.48. The quantitative estimate of drug-likeness (QED) is 0.706. The highest BCUT2D eigenvalue weighted by atomic mass is 32.2. The number of carbonyl (C=O) groups excluding carboxylic acids is 2. The van der Waals surface area contributed by atoms with Crippen molar-refractivity contribution in [3.05, 3.63) is 23.8 Å². The lowest BCUT2D eigenvalue weighted by atomic mass is 9.94. The van der Waals surface area contributed by atoms with Crippen molar-refractivity contribution < 1.29 is 18.0 Å². The zero-order valence-electron chi connectivity index (χ0n) is 17.6. The Morgan fingerprint density at radius 3 is 2.34 bits per heavy atom. The minimum Gasteiger partial charge on any atom is -0.343 e. The summed E-state index contributed by atoms with van der Waals surface area (Å²) >= 11 is 0. The first-order valence-electron chi connectivity index (χ1n) is 10.5. The normalized spacial score (nSPS) is 18.0. The molecule has 7 nitrogen and oxygen atoms in total. The predicted molar refractivity (Wildman–Crippen MR) is 112 cm³/mol. The average molecular weight is 422 g/mol. The van der Waals surface area contributed by atoms with E-state index in [0.717, 1.165) is 11.3 Å². The lowest BCUT2D eigenvalue weighted by Gasteiger charge is -2.32. The summed E-state index contributed by atoms with van der Waals surface area (Å²) in [6, 6.07) is 5.06. The second kappa shape index (κ2) is 8.83. The van der Waals surface area contributed by atoms with E-state index in [9.17, 15) is 18.0 Å². The minimum atomic E-state index is -3.56. The molecule has 2 heterocycles. The van der Waals surface area contributed by atoms with Crippen LogP contribution in [0.15, 0.2) is 23.1 Å². The van der Waals surface area contributed by atoms with Gasteiger partial charge < -0.3 is 9.80 Å². The van der Waals surface area contributed by atoms with Crippen LogP contribution in [0.1, 0.15) is 45.6 Å². The number of sulfonamides is 1. The van der Waals surface area contributed by atoms with Crippen molar-refractivity contribution in [2.45, 2.75) is 51.3 Å². The van der Waals surface area contributed by atoms with Crippen molar-refractivity contribution in [1.82, 2.24) is 9.21 Å². The molecule has 3 rings (SSSR count). The fraction of sp³-hybridized carbons (Fsp3) is 0.619. The van der Waals surface area contributed by atoms with E-state index in [4.69, 9.17) is 0 Å². The van der Waals surface area contributed by atoms with Gasteiger partial charge in [-0.1, -0.05) is 0 Å². The first-order chi connectivity index (χ1) is 13.8. The molecule has 0 unspecified atom stereocenters. The number of fused-ring (bicyclic) bond motifs is 1. The SMILES string of the molecule is CCN(CC)C(=O)CC1CCN(S(=O)(=O)c2ccc3c(c2)CCN3C(C)=O)CC1. The second-order valence-electron chi connectivity index (χ2n) is 7.83. The molecule has 1 saturated heterocycles. The van der Waals surface area contributed by atoms with Crippen LogP contribution in [-0.2, 0) is 26.0 Å². The first-order valence-corrected chi connectivity index (χ1v) is 11.9. The van der Waals surface area contributed by atoms with E-state index in [1.165, 1.54) is 11.2 Å². The Labute approximate surface area is 173 Å². The largest absolute Gasteiger partial charge is 0.343 e. The number of anilines is 1. The van der Waals surface area contributed by atoms with Crippen LogP contribution in [-0.4, -0.2) is 62.2 Å². The number of piperidine rings is 1. The van der Waals surface area contributed by atoms with Gasteiger partial charge in [-0.05, 0) is 62.8 Å². The fourth-order valence-corrected chi connectivity index (χ4v) is 5.84. The topological polar surface area (TPSA) is 78.0 Å². The maximum Gasteiger partial charge on any atom is 0.243 e. The maximum absolute atomic E-state index is 13.1. The molecule has 8 heteroatoms. The van der Waals surface area contributed by atoms with Gasteiger partial charge in [-0.3, -0.25) is 9.59 Å². The van der Waals surface area contributed by atoms with Crippen LogP contribution >= 0.6 is 0 Å². The van der Waals surface area contributed by atoms with Crippen LogP contribution in [0.2, 0.25) is 0 Å². The van der Waals surface area contributed by atoms with E-state index >= 15 is 0 Å². The zero-order valence-corrected chi connectivity index (χ0v) is 18.4. The molecule has 0 radical (unpaired) electrons. The molecule has 29 heavy (non-hydrogen) atoms. The Kier molecular flexibility index (Phi) is 6.63. The molecule has 1 aromatic rings. The van der Waals surface area contributed by atoms with Gasteiger partial charge in [-0.2, -0.15) is 4.31 Å². The number of rotatable bonds is 6. The molecule has 160 valence electrons. The molecular weight excluding hydrogens is 390 g/mol. The third-order valence-corrected chi connectivity index (χ3v) is 8.01. The lowest BCUT2D eigenvalue weighted by molar-refractivity contribution is -0.132. The van der Waals surface area contributed by atoms with E-state index in [-0.39, 0.29) is 17.7 Å². The molecule has 2 amide bonds. The third-order valence-electron chi connectivity index (χ3n) is 6.12. The molecule has 0 atom stereocenters. The van der Waals surface area contributed by atoms with Crippen LogP contribution in [0, 0.1) is 5.92 Å². The van der Waals surface area contributed by atoms with Crippen LogP contribution in [0.25, 0.3) is 0 Å². The molecule has 1 fully saturated rings. The van der Waals surface area contributed by atoms with Gasteiger partial charge in [0.15, 0.2) is 0 Å². The summed E-state index contributed by atoms with van der Waals surface area (Å²) in [5.74, 6) is 0.365. The Balaban J connectivity index is 1.65. The van der Waals surface area contributed by atoms with Crippen molar-refractivity contribution in [2.24, 2.45) is 5.92 Å². The highest BCUT2D eigenvalue weighted by molar-refractivity contribution is 7.89. The van der Waals surface area contributed by atoms with Crippen molar-refractivity contribution in [3.8, 4) is 0 Å². The molecule has 2 aliphatic rings. The number of nitrogens with zero attached hydrogens (tertiary/aromatic N) is 3. The Bertz CT molecular complexity index is 872. The molecule has 2 aliphatic heterocycles. The molecule has 0 aliphatic carbocycles. The smallest absolute Gasteiger partial charge is 0.243 e. The van der Waals surface area contributed by atoms with Gasteiger partial charge in [-0.15, -0.1) is 0 Å². The molecule has 0 aromatic heterocycles. The van der Waals surface area contributed by atoms with Crippen molar-refractivity contribution in [1.29, 1.82) is 0 Å². The second-order valence-corrected chi connectivity index (χ2v) is 9.77. The number of hydrogen-bond donors (Lipinski definition) is 0. The molecule has 0 bridgehead atoms. The summed E-state index contributed by atoms with van der Waals surface area (Å²) in [6.45, 7) is 8.37. The van der Waals surface area contributed by atoms with Crippen LogP contribution in [0.3, 0.4) is 0 Å². The van der Waals surface area contributed by atoms with Gasteiger partial charge in [-0.25, -0.2) is 8.42 Å².